The van der Waals surface area contributed by atoms with Gasteiger partial charge in [0, 0.05) is 19.2 Å². The maximum absolute atomic E-state index is 11.2. The summed E-state index contributed by atoms with van der Waals surface area (Å²) < 4.78 is 27.9. The Kier molecular flexibility index (Phi) is 5.37. The Balaban J connectivity index is 1.93. The van der Waals surface area contributed by atoms with Crippen molar-refractivity contribution in [3.8, 4) is 0 Å². The standard InChI is InChI=1S/C15H24N2O3S/c1-11(17-13-5-7-14(20-2)8-6-13)12-3-9-15(10-4-12)21(16,18)19/h3-4,9-11,13-14,17H,5-8H2,1-2H3,(H2,16,18,19). The van der Waals surface area contributed by atoms with Gasteiger partial charge in [-0.15, -0.1) is 0 Å². The zero-order valence-corrected chi connectivity index (χ0v) is 13.4. The predicted octanol–water partition coefficient (Wildman–Crippen LogP) is 1.94. The minimum absolute atomic E-state index is 0.152. The second-order valence-corrected chi connectivity index (χ2v) is 7.27. The van der Waals surface area contributed by atoms with E-state index in [4.69, 9.17) is 9.88 Å². The molecule has 1 aliphatic carbocycles. The summed E-state index contributed by atoms with van der Waals surface area (Å²) in [6, 6.07) is 7.43. The Morgan fingerprint density at radius 2 is 1.76 bits per heavy atom. The van der Waals surface area contributed by atoms with Crippen LogP contribution in [0.1, 0.15) is 44.2 Å². The molecule has 5 nitrogen and oxygen atoms in total. The van der Waals surface area contributed by atoms with Gasteiger partial charge in [0.25, 0.3) is 0 Å². The molecule has 0 bridgehead atoms. The first kappa shape index (κ1) is 16.4. The average molecular weight is 312 g/mol. The van der Waals surface area contributed by atoms with E-state index >= 15 is 0 Å². The van der Waals surface area contributed by atoms with E-state index in [1.54, 1.807) is 19.2 Å². The predicted molar refractivity (Wildman–Crippen MR) is 82.4 cm³/mol. The monoisotopic (exact) mass is 312 g/mol. The normalized spacial score (nSPS) is 24.7. The molecule has 0 amide bonds. The Morgan fingerprint density at radius 3 is 2.24 bits per heavy atom. The van der Waals surface area contributed by atoms with Crippen molar-refractivity contribution >= 4 is 10.0 Å². The first-order valence-corrected chi connectivity index (χ1v) is 8.86. The Hall–Kier alpha value is -0.950. The van der Waals surface area contributed by atoms with Crippen LogP contribution in [-0.2, 0) is 14.8 Å². The van der Waals surface area contributed by atoms with E-state index < -0.39 is 10.0 Å². The van der Waals surface area contributed by atoms with Gasteiger partial charge in [0.05, 0.1) is 11.0 Å². The van der Waals surface area contributed by atoms with Crippen molar-refractivity contribution in [1.29, 1.82) is 0 Å². The fourth-order valence-electron chi connectivity index (χ4n) is 2.86. The molecule has 118 valence electrons. The van der Waals surface area contributed by atoms with Crippen LogP contribution >= 0.6 is 0 Å². The Morgan fingerprint density at radius 1 is 1.19 bits per heavy atom. The van der Waals surface area contributed by atoms with Gasteiger partial charge in [-0.3, -0.25) is 0 Å². The third-order valence-electron chi connectivity index (χ3n) is 4.20. The van der Waals surface area contributed by atoms with Crippen LogP contribution in [0.25, 0.3) is 0 Å². The molecule has 2 rings (SSSR count). The summed E-state index contributed by atoms with van der Waals surface area (Å²) in [5.41, 5.74) is 1.07. The Bertz CT molecular complexity index is 549. The van der Waals surface area contributed by atoms with Crippen LogP contribution in [0.15, 0.2) is 29.2 Å². The molecule has 0 radical (unpaired) electrons. The van der Waals surface area contributed by atoms with Gasteiger partial charge in [-0.05, 0) is 50.3 Å². The summed E-state index contributed by atoms with van der Waals surface area (Å²) in [7, 11) is -1.84. The van der Waals surface area contributed by atoms with E-state index in [1.807, 2.05) is 12.1 Å². The van der Waals surface area contributed by atoms with Crippen LogP contribution < -0.4 is 10.5 Å². The number of sulfonamides is 1. The summed E-state index contributed by atoms with van der Waals surface area (Å²) >= 11 is 0. The van der Waals surface area contributed by atoms with Crippen molar-refractivity contribution in [1.82, 2.24) is 5.32 Å². The molecule has 1 aromatic carbocycles. The molecular formula is C15H24N2O3S. The maximum Gasteiger partial charge on any atom is 0.238 e. The molecule has 21 heavy (non-hydrogen) atoms. The van der Waals surface area contributed by atoms with Crippen molar-refractivity contribution in [3.63, 3.8) is 0 Å². The van der Waals surface area contributed by atoms with Crippen molar-refractivity contribution in [3.05, 3.63) is 29.8 Å². The highest BCUT2D eigenvalue weighted by Crippen LogP contribution is 2.24. The van der Waals surface area contributed by atoms with Crippen LogP contribution in [0.3, 0.4) is 0 Å². The van der Waals surface area contributed by atoms with E-state index in [1.165, 1.54) is 0 Å². The lowest BCUT2D eigenvalue weighted by atomic mass is 9.92. The topological polar surface area (TPSA) is 81.4 Å². The summed E-state index contributed by atoms with van der Waals surface area (Å²) in [6.45, 7) is 2.09. The van der Waals surface area contributed by atoms with Crippen LogP contribution in [0.5, 0.6) is 0 Å². The smallest absolute Gasteiger partial charge is 0.238 e. The molecule has 1 fully saturated rings. The summed E-state index contributed by atoms with van der Waals surface area (Å²) in [5.74, 6) is 0. The third-order valence-corrected chi connectivity index (χ3v) is 5.13. The minimum atomic E-state index is -3.62. The Labute approximate surface area is 126 Å². The van der Waals surface area contributed by atoms with Gasteiger partial charge in [0.2, 0.25) is 10.0 Å². The highest BCUT2D eigenvalue weighted by molar-refractivity contribution is 7.89. The van der Waals surface area contributed by atoms with Crippen LogP contribution in [0, 0.1) is 0 Å². The van der Waals surface area contributed by atoms with Gasteiger partial charge >= 0.3 is 0 Å². The van der Waals surface area contributed by atoms with Gasteiger partial charge < -0.3 is 10.1 Å². The number of hydrogen-bond donors (Lipinski definition) is 2. The number of benzene rings is 1. The highest BCUT2D eigenvalue weighted by Gasteiger charge is 2.22. The summed E-state index contributed by atoms with van der Waals surface area (Å²) in [5, 5.41) is 8.70. The van der Waals surface area contributed by atoms with E-state index in [0.717, 1.165) is 31.2 Å². The molecule has 1 atom stereocenters. The molecular weight excluding hydrogens is 288 g/mol. The zero-order chi connectivity index (χ0) is 15.5. The van der Waals surface area contributed by atoms with E-state index in [9.17, 15) is 8.42 Å². The van der Waals surface area contributed by atoms with Gasteiger partial charge in [-0.1, -0.05) is 12.1 Å². The average Bonchev–Trinajstić information content (AvgIpc) is 2.47. The zero-order valence-electron chi connectivity index (χ0n) is 12.6. The van der Waals surface area contributed by atoms with E-state index in [0.29, 0.717) is 12.1 Å². The molecule has 3 N–H and O–H groups in total. The maximum atomic E-state index is 11.2. The molecule has 1 aromatic rings. The molecule has 6 heteroatoms. The number of nitrogens with two attached hydrogens (primary N) is 1. The SMILES string of the molecule is COC1CCC(NC(C)c2ccc(S(N)(=O)=O)cc2)CC1. The van der Waals surface area contributed by atoms with Crippen LogP contribution in [0.2, 0.25) is 0 Å². The third kappa shape index (κ3) is 4.51. The highest BCUT2D eigenvalue weighted by atomic mass is 32.2. The van der Waals surface area contributed by atoms with Crippen molar-refractivity contribution in [2.45, 2.75) is 55.7 Å². The first-order chi connectivity index (χ1) is 9.90. The number of ether oxygens (including phenoxy) is 1. The first-order valence-electron chi connectivity index (χ1n) is 7.31. The van der Waals surface area contributed by atoms with Crippen LogP contribution in [-0.4, -0.2) is 27.7 Å². The van der Waals surface area contributed by atoms with Gasteiger partial charge in [-0.2, -0.15) is 0 Å². The van der Waals surface area contributed by atoms with E-state index in [-0.39, 0.29) is 10.9 Å². The number of nitrogens with one attached hydrogen (secondary N) is 1. The molecule has 0 heterocycles. The largest absolute Gasteiger partial charge is 0.381 e. The number of methoxy groups -OCH3 is 1. The molecule has 0 aliphatic heterocycles. The van der Waals surface area contributed by atoms with Crippen molar-refractivity contribution in [2.75, 3.05) is 7.11 Å². The summed E-state index contributed by atoms with van der Waals surface area (Å²) in [4.78, 5) is 0.152. The van der Waals surface area contributed by atoms with Crippen molar-refractivity contribution < 1.29 is 13.2 Å². The lowest BCUT2D eigenvalue weighted by molar-refractivity contribution is 0.0614. The lowest BCUT2D eigenvalue weighted by Crippen LogP contribution is -2.36. The molecule has 0 aromatic heterocycles. The summed E-state index contributed by atoms with van der Waals surface area (Å²) in [6.07, 6.45) is 4.79. The second kappa shape index (κ2) is 6.87. The fourth-order valence-corrected chi connectivity index (χ4v) is 3.38. The van der Waals surface area contributed by atoms with Gasteiger partial charge in [-0.25, -0.2) is 13.6 Å². The fraction of sp³-hybridized carbons (Fsp3) is 0.600. The molecule has 1 unspecified atom stereocenters. The quantitative estimate of drug-likeness (QED) is 0.870. The van der Waals surface area contributed by atoms with Gasteiger partial charge in [0.1, 0.15) is 0 Å². The van der Waals surface area contributed by atoms with Crippen LogP contribution in [0.4, 0.5) is 0 Å². The number of hydrogen-bond acceptors (Lipinski definition) is 4. The minimum Gasteiger partial charge on any atom is -0.381 e. The van der Waals surface area contributed by atoms with Gasteiger partial charge in [0.15, 0.2) is 0 Å². The number of primary sulfonamides is 1. The lowest BCUT2D eigenvalue weighted by Gasteiger charge is -2.30. The molecule has 0 saturated heterocycles. The molecule has 1 aliphatic rings. The molecule has 1 saturated carbocycles. The number of rotatable bonds is 5. The van der Waals surface area contributed by atoms with E-state index in [2.05, 4.69) is 12.2 Å². The molecule has 0 spiro atoms. The second-order valence-electron chi connectivity index (χ2n) is 5.71. The van der Waals surface area contributed by atoms with Crippen molar-refractivity contribution in [2.24, 2.45) is 5.14 Å².